The Hall–Kier alpha value is -2.16. The van der Waals surface area contributed by atoms with Gasteiger partial charge in [-0.3, -0.25) is 0 Å². The largest absolute Gasteiger partial charge is 0.478 e. The molecule has 1 aromatic heterocycles. The van der Waals surface area contributed by atoms with Crippen LogP contribution < -0.4 is 4.90 Å². The van der Waals surface area contributed by atoms with Crippen molar-refractivity contribution in [3.8, 4) is 6.07 Å². The summed E-state index contributed by atoms with van der Waals surface area (Å²) in [4.78, 5) is 20.5. The van der Waals surface area contributed by atoms with Crippen LogP contribution >= 0.6 is 0 Å². The minimum Gasteiger partial charge on any atom is -0.478 e. The molecule has 0 radical (unpaired) electrons. The Kier molecular flexibility index (Phi) is 4.40. The maximum atomic E-state index is 10.7. The summed E-state index contributed by atoms with van der Waals surface area (Å²) in [6, 6.07) is 2.21. The molecule has 17 heavy (non-hydrogen) atoms. The predicted octanol–water partition coefficient (Wildman–Crippen LogP) is 1.30. The number of carboxylic acid groups (broad SMARTS) is 1. The van der Waals surface area contributed by atoms with Crippen molar-refractivity contribution in [1.82, 2.24) is 9.97 Å². The smallest absolute Gasteiger partial charge is 0.338 e. The first kappa shape index (κ1) is 12.9. The lowest BCUT2D eigenvalue weighted by Gasteiger charge is -2.25. The van der Waals surface area contributed by atoms with E-state index in [1.807, 2.05) is 18.7 Å². The summed E-state index contributed by atoms with van der Waals surface area (Å²) in [5.41, 5.74) is 0.0535. The van der Waals surface area contributed by atoms with Gasteiger partial charge in [0.2, 0.25) is 5.95 Å². The number of aromatic carboxylic acids is 1. The van der Waals surface area contributed by atoms with Crippen molar-refractivity contribution < 1.29 is 9.90 Å². The van der Waals surface area contributed by atoms with Crippen molar-refractivity contribution >= 4 is 11.9 Å². The molecule has 1 N–H and O–H groups in total. The van der Waals surface area contributed by atoms with Gasteiger partial charge in [-0.05, 0) is 13.8 Å². The van der Waals surface area contributed by atoms with Gasteiger partial charge in [0, 0.05) is 25.0 Å². The van der Waals surface area contributed by atoms with Gasteiger partial charge in [0.25, 0.3) is 0 Å². The second kappa shape index (κ2) is 5.80. The SMILES string of the molecule is CC(C)N(CCC#N)c1ncc(C(=O)O)cn1. The van der Waals surface area contributed by atoms with Crippen LogP contribution in [-0.4, -0.2) is 33.6 Å². The molecular formula is C11H14N4O2. The number of nitrogens with zero attached hydrogens (tertiary/aromatic N) is 4. The first-order chi connectivity index (χ1) is 8.06. The van der Waals surface area contributed by atoms with E-state index in [-0.39, 0.29) is 11.6 Å². The second-order valence-corrected chi connectivity index (χ2v) is 3.77. The number of carbonyl (C=O) groups is 1. The fraction of sp³-hybridized carbons (Fsp3) is 0.455. The zero-order chi connectivity index (χ0) is 12.8. The van der Waals surface area contributed by atoms with Crippen molar-refractivity contribution in [2.45, 2.75) is 26.3 Å². The van der Waals surface area contributed by atoms with Crippen LogP contribution in [-0.2, 0) is 0 Å². The van der Waals surface area contributed by atoms with Crippen LogP contribution in [0.25, 0.3) is 0 Å². The van der Waals surface area contributed by atoms with E-state index in [4.69, 9.17) is 10.4 Å². The molecule has 0 aliphatic heterocycles. The average molecular weight is 234 g/mol. The van der Waals surface area contributed by atoms with Gasteiger partial charge in [0.1, 0.15) is 0 Å². The molecular weight excluding hydrogens is 220 g/mol. The highest BCUT2D eigenvalue weighted by molar-refractivity contribution is 5.86. The molecule has 0 aromatic carbocycles. The van der Waals surface area contributed by atoms with Crippen LogP contribution in [0.5, 0.6) is 0 Å². The Balaban J connectivity index is 2.88. The van der Waals surface area contributed by atoms with Crippen molar-refractivity contribution in [2.75, 3.05) is 11.4 Å². The Labute approximate surface area is 99.5 Å². The van der Waals surface area contributed by atoms with Crippen molar-refractivity contribution in [2.24, 2.45) is 0 Å². The standard InChI is InChI=1S/C11H14N4O2/c1-8(2)15(5-3-4-12)11-13-6-9(7-14-11)10(16)17/h6-8H,3,5H2,1-2H3,(H,16,17). The molecule has 6 heteroatoms. The van der Waals surface area contributed by atoms with Crippen molar-refractivity contribution in [3.05, 3.63) is 18.0 Å². The third-order valence-electron chi connectivity index (χ3n) is 2.23. The van der Waals surface area contributed by atoms with Crippen LogP contribution in [0, 0.1) is 11.3 Å². The lowest BCUT2D eigenvalue weighted by Crippen LogP contribution is -2.33. The Bertz CT molecular complexity index is 422. The van der Waals surface area contributed by atoms with Gasteiger partial charge in [-0.25, -0.2) is 14.8 Å². The molecule has 6 nitrogen and oxygen atoms in total. The van der Waals surface area contributed by atoms with Crippen LogP contribution in [0.3, 0.4) is 0 Å². The highest BCUT2D eigenvalue weighted by atomic mass is 16.4. The fourth-order valence-electron chi connectivity index (χ4n) is 1.34. The molecule has 0 fully saturated rings. The maximum Gasteiger partial charge on any atom is 0.338 e. The number of nitriles is 1. The summed E-state index contributed by atoms with van der Waals surface area (Å²) in [5, 5.41) is 17.3. The molecule has 0 amide bonds. The van der Waals surface area contributed by atoms with Gasteiger partial charge in [0.15, 0.2) is 0 Å². The molecule has 0 saturated heterocycles. The molecule has 1 aromatic rings. The van der Waals surface area contributed by atoms with Crippen molar-refractivity contribution in [3.63, 3.8) is 0 Å². The molecule has 0 aliphatic carbocycles. The normalized spacial score (nSPS) is 10.0. The van der Waals surface area contributed by atoms with Crippen LogP contribution in [0.2, 0.25) is 0 Å². The minimum absolute atomic E-state index is 0.0535. The molecule has 0 saturated carbocycles. The molecule has 90 valence electrons. The van der Waals surface area contributed by atoms with Gasteiger partial charge in [-0.1, -0.05) is 0 Å². The van der Waals surface area contributed by atoms with Gasteiger partial charge in [-0.15, -0.1) is 0 Å². The molecule has 0 atom stereocenters. The first-order valence-electron chi connectivity index (χ1n) is 5.25. The third kappa shape index (κ3) is 3.41. The van der Waals surface area contributed by atoms with Gasteiger partial charge < -0.3 is 10.0 Å². The average Bonchev–Trinajstić information content (AvgIpc) is 2.29. The van der Waals surface area contributed by atoms with E-state index >= 15 is 0 Å². The number of aromatic nitrogens is 2. The van der Waals surface area contributed by atoms with E-state index in [2.05, 4.69) is 16.0 Å². The number of hydrogen-bond donors (Lipinski definition) is 1. The number of anilines is 1. The zero-order valence-corrected chi connectivity index (χ0v) is 9.79. The third-order valence-corrected chi connectivity index (χ3v) is 2.23. The maximum absolute atomic E-state index is 10.7. The van der Waals surface area contributed by atoms with E-state index in [9.17, 15) is 4.79 Å². The van der Waals surface area contributed by atoms with E-state index in [1.54, 1.807) is 0 Å². The molecule has 0 bridgehead atoms. The number of rotatable bonds is 5. The zero-order valence-electron chi connectivity index (χ0n) is 9.79. The van der Waals surface area contributed by atoms with Crippen LogP contribution in [0.1, 0.15) is 30.6 Å². The number of hydrogen-bond acceptors (Lipinski definition) is 5. The Morgan fingerprint density at radius 2 is 2.12 bits per heavy atom. The van der Waals surface area contributed by atoms with Gasteiger partial charge in [-0.2, -0.15) is 5.26 Å². The molecule has 0 aliphatic rings. The summed E-state index contributed by atoms with van der Waals surface area (Å²) in [7, 11) is 0. The Morgan fingerprint density at radius 1 is 1.53 bits per heavy atom. The molecule has 0 spiro atoms. The molecule has 1 heterocycles. The van der Waals surface area contributed by atoms with Crippen molar-refractivity contribution in [1.29, 1.82) is 5.26 Å². The lowest BCUT2D eigenvalue weighted by atomic mass is 10.3. The summed E-state index contributed by atoms with van der Waals surface area (Å²) in [6.07, 6.45) is 2.92. The van der Waals surface area contributed by atoms with Gasteiger partial charge >= 0.3 is 5.97 Å². The Morgan fingerprint density at radius 3 is 2.53 bits per heavy atom. The van der Waals surface area contributed by atoms with Crippen LogP contribution in [0.4, 0.5) is 5.95 Å². The highest BCUT2D eigenvalue weighted by Crippen LogP contribution is 2.11. The highest BCUT2D eigenvalue weighted by Gasteiger charge is 2.13. The summed E-state index contributed by atoms with van der Waals surface area (Å²) in [5.74, 6) is -0.607. The van der Waals surface area contributed by atoms with E-state index in [0.717, 1.165) is 0 Å². The summed E-state index contributed by atoms with van der Waals surface area (Å²) >= 11 is 0. The summed E-state index contributed by atoms with van der Waals surface area (Å²) in [6.45, 7) is 4.46. The van der Waals surface area contributed by atoms with E-state index < -0.39 is 5.97 Å². The fourth-order valence-corrected chi connectivity index (χ4v) is 1.34. The minimum atomic E-state index is -1.05. The van der Waals surface area contributed by atoms with E-state index in [1.165, 1.54) is 12.4 Å². The lowest BCUT2D eigenvalue weighted by molar-refractivity contribution is 0.0696. The quantitative estimate of drug-likeness (QED) is 0.825. The molecule has 1 rings (SSSR count). The topological polar surface area (TPSA) is 90.1 Å². The molecule has 0 unspecified atom stereocenters. The predicted molar refractivity (Wildman–Crippen MR) is 61.7 cm³/mol. The summed E-state index contributed by atoms with van der Waals surface area (Å²) < 4.78 is 0. The van der Waals surface area contributed by atoms with E-state index in [0.29, 0.717) is 18.9 Å². The first-order valence-corrected chi connectivity index (χ1v) is 5.25. The second-order valence-electron chi connectivity index (χ2n) is 3.77. The monoisotopic (exact) mass is 234 g/mol. The number of carboxylic acids is 1. The van der Waals surface area contributed by atoms with Crippen LogP contribution in [0.15, 0.2) is 12.4 Å². The van der Waals surface area contributed by atoms with Gasteiger partial charge in [0.05, 0.1) is 18.1 Å².